The second-order valence-corrected chi connectivity index (χ2v) is 7.00. The van der Waals surface area contributed by atoms with Gasteiger partial charge in [0.05, 0.1) is 23.7 Å². The lowest BCUT2D eigenvalue weighted by Gasteiger charge is -2.26. The maximum atomic E-state index is 12.2. The fourth-order valence-corrected chi connectivity index (χ4v) is 3.65. The van der Waals surface area contributed by atoms with Gasteiger partial charge in [0.25, 0.3) is 0 Å². The predicted molar refractivity (Wildman–Crippen MR) is 87.6 cm³/mol. The van der Waals surface area contributed by atoms with E-state index >= 15 is 0 Å². The number of nitrogens with zero attached hydrogens (tertiary/aromatic N) is 1. The summed E-state index contributed by atoms with van der Waals surface area (Å²) in [4.78, 5) is 17.7. The third-order valence-corrected chi connectivity index (χ3v) is 4.88. The molecule has 4 nitrogen and oxygen atoms in total. The number of aryl methyl sites for hydroxylation is 2. The molecule has 3 rings (SSSR count). The Morgan fingerprint density at radius 2 is 2.23 bits per heavy atom. The summed E-state index contributed by atoms with van der Waals surface area (Å²) in [5, 5.41) is 4.06. The van der Waals surface area contributed by atoms with Crippen molar-refractivity contribution in [3.05, 3.63) is 45.4 Å². The first-order valence-corrected chi connectivity index (χ1v) is 8.36. The van der Waals surface area contributed by atoms with Crippen molar-refractivity contribution < 1.29 is 9.53 Å². The first-order chi connectivity index (χ1) is 10.6. The van der Waals surface area contributed by atoms with Gasteiger partial charge in [0.1, 0.15) is 5.75 Å². The van der Waals surface area contributed by atoms with E-state index in [0.29, 0.717) is 25.5 Å². The minimum absolute atomic E-state index is 0.0392. The van der Waals surface area contributed by atoms with Crippen molar-refractivity contribution >= 4 is 17.2 Å². The zero-order valence-corrected chi connectivity index (χ0v) is 13.7. The number of ether oxygens (including phenoxy) is 1. The van der Waals surface area contributed by atoms with E-state index in [0.717, 1.165) is 27.7 Å². The van der Waals surface area contributed by atoms with Crippen LogP contribution in [-0.2, 0) is 11.2 Å². The molecule has 116 valence electrons. The zero-order valence-electron chi connectivity index (χ0n) is 12.9. The average Bonchev–Trinajstić information content (AvgIpc) is 2.82. The highest BCUT2D eigenvalue weighted by molar-refractivity contribution is 7.11. The quantitative estimate of drug-likeness (QED) is 0.943. The maximum Gasteiger partial charge on any atom is 0.226 e. The van der Waals surface area contributed by atoms with Gasteiger partial charge < -0.3 is 10.1 Å². The second kappa shape index (κ2) is 6.48. The summed E-state index contributed by atoms with van der Waals surface area (Å²) < 4.78 is 5.65. The van der Waals surface area contributed by atoms with E-state index in [1.165, 1.54) is 5.56 Å². The molecule has 1 unspecified atom stereocenters. The molecule has 1 atom stereocenters. The van der Waals surface area contributed by atoms with E-state index < -0.39 is 0 Å². The summed E-state index contributed by atoms with van der Waals surface area (Å²) >= 11 is 1.64. The molecule has 22 heavy (non-hydrogen) atoms. The van der Waals surface area contributed by atoms with Crippen LogP contribution in [0.5, 0.6) is 5.75 Å². The Morgan fingerprint density at radius 3 is 3.00 bits per heavy atom. The topological polar surface area (TPSA) is 51.2 Å². The number of benzene rings is 1. The molecule has 0 spiro atoms. The first-order valence-electron chi connectivity index (χ1n) is 7.55. The van der Waals surface area contributed by atoms with Crippen LogP contribution in [0.1, 0.15) is 33.5 Å². The predicted octanol–water partition coefficient (Wildman–Crippen LogP) is 2.98. The van der Waals surface area contributed by atoms with Crippen molar-refractivity contribution in [1.29, 1.82) is 0 Å². The number of para-hydroxylation sites is 1. The van der Waals surface area contributed by atoms with Crippen molar-refractivity contribution in [2.24, 2.45) is 0 Å². The highest BCUT2D eigenvalue weighted by atomic mass is 32.1. The van der Waals surface area contributed by atoms with Crippen LogP contribution in [0.2, 0.25) is 0 Å². The maximum absolute atomic E-state index is 12.2. The number of rotatable bonds is 4. The molecule has 1 N–H and O–H groups in total. The van der Waals surface area contributed by atoms with E-state index in [1.54, 1.807) is 11.3 Å². The Hall–Kier alpha value is -1.88. The van der Waals surface area contributed by atoms with Crippen LogP contribution < -0.4 is 10.1 Å². The molecule has 1 aliphatic heterocycles. The van der Waals surface area contributed by atoms with E-state index in [4.69, 9.17) is 4.74 Å². The van der Waals surface area contributed by atoms with Crippen molar-refractivity contribution in [1.82, 2.24) is 10.3 Å². The first kappa shape index (κ1) is 15.0. The number of amides is 1. The molecule has 0 fully saturated rings. The van der Waals surface area contributed by atoms with Gasteiger partial charge in [-0.1, -0.05) is 18.2 Å². The van der Waals surface area contributed by atoms with Gasteiger partial charge in [-0.15, -0.1) is 11.3 Å². The van der Waals surface area contributed by atoms with Gasteiger partial charge >= 0.3 is 0 Å². The number of carbonyl (C=O) groups is 1. The van der Waals surface area contributed by atoms with E-state index in [9.17, 15) is 4.79 Å². The Morgan fingerprint density at radius 1 is 1.41 bits per heavy atom. The van der Waals surface area contributed by atoms with Gasteiger partial charge in [-0.2, -0.15) is 0 Å². The average molecular weight is 316 g/mol. The molecule has 0 bridgehead atoms. The van der Waals surface area contributed by atoms with Crippen LogP contribution in [0.25, 0.3) is 0 Å². The minimum Gasteiger partial charge on any atom is -0.493 e. The van der Waals surface area contributed by atoms with E-state index in [-0.39, 0.29) is 5.91 Å². The number of thiazole rings is 1. The van der Waals surface area contributed by atoms with Gasteiger partial charge in [-0.05, 0) is 31.9 Å². The number of nitrogens with one attached hydrogen (secondary N) is 1. The summed E-state index contributed by atoms with van der Waals surface area (Å²) in [6.07, 6.45) is 1.30. The molecule has 0 aliphatic carbocycles. The monoisotopic (exact) mass is 316 g/mol. The smallest absolute Gasteiger partial charge is 0.226 e. The molecule has 1 aromatic heterocycles. The number of hydrogen-bond acceptors (Lipinski definition) is 4. The molecular weight excluding hydrogens is 296 g/mol. The Bertz CT molecular complexity index is 681. The highest BCUT2D eigenvalue weighted by Crippen LogP contribution is 2.32. The Balaban J connectivity index is 1.59. The molecule has 1 amide bonds. The van der Waals surface area contributed by atoms with Gasteiger partial charge in [0.15, 0.2) is 0 Å². The minimum atomic E-state index is 0.0392. The van der Waals surface area contributed by atoms with Crippen molar-refractivity contribution in [3.8, 4) is 5.75 Å². The number of hydrogen-bond donors (Lipinski definition) is 1. The van der Waals surface area contributed by atoms with E-state index in [2.05, 4.69) is 16.4 Å². The molecule has 0 saturated heterocycles. The van der Waals surface area contributed by atoms with Gasteiger partial charge in [-0.25, -0.2) is 4.98 Å². The summed E-state index contributed by atoms with van der Waals surface area (Å²) in [5.41, 5.74) is 2.09. The lowest BCUT2D eigenvalue weighted by molar-refractivity contribution is -0.120. The van der Waals surface area contributed by atoms with Gasteiger partial charge in [0.2, 0.25) is 5.91 Å². The molecule has 2 heterocycles. The van der Waals surface area contributed by atoms with Crippen molar-refractivity contribution in [2.45, 2.75) is 32.6 Å². The summed E-state index contributed by atoms with van der Waals surface area (Å²) in [6.45, 7) is 5.35. The van der Waals surface area contributed by atoms with Gasteiger partial charge in [0, 0.05) is 17.3 Å². The number of aromatic nitrogens is 1. The third-order valence-electron chi connectivity index (χ3n) is 3.96. The highest BCUT2D eigenvalue weighted by Gasteiger charge is 2.21. The van der Waals surface area contributed by atoms with E-state index in [1.807, 2.05) is 32.0 Å². The fraction of sp³-hybridized carbons (Fsp3) is 0.412. The standard InChI is InChI=1S/C17H20N2O2S/c1-11-15(19-12(2)22-11)9-17(20)18-10-13-7-8-21-16-6-4-3-5-14(13)16/h3-6,13H,7-10H2,1-2H3,(H,18,20). The van der Waals surface area contributed by atoms with Crippen molar-refractivity contribution in [2.75, 3.05) is 13.2 Å². The van der Waals surface area contributed by atoms with Crippen LogP contribution in [0.3, 0.4) is 0 Å². The normalized spacial score (nSPS) is 16.7. The fourth-order valence-electron chi connectivity index (χ4n) is 2.82. The second-order valence-electron chi connectivity index (χ2n) is 5.59. The third kappa shape index (κ3) is 3.30. The molecule has 1 aromatic carbocycles. The van der Waals surface area contributed by atoms with Crippen LogP contribution in [0, 0.1) is 13.8 Å². The van der Waals surface area contributed by atoms with Gasteiger partial charge in [-0.3, -0.25) is 4.79 Å². The Labute approximate surface area is 134 Å². The molecule has 5 heteroatoms. The lowest BCUT2D eigenvalue weighted by atomic mass is 9.93. The summed E-state index contributed by atoms with van der Waals surface area (Å²) in [7, 11) is 0. The molecule has 1 aliphatic rings. The number of fused-ring (bicyclic) bond motifs is 1. The molecule has 0 radical (unpaired) electrons. The zero-order chi connectivity index (χ0) is 15.5. The lowest BCUT2D eigenvalue weighted by Crippen LogP contribution is -2.31. The Kier molecular flexibility index (Phi) is 4.43. The molecular formula is C17H20N2O2S. The van der Waals surface area contributed by atoms with Crippen molar-refractivity contribution in [3.63, 3.8) is 0 Å². The van der Waals surface area contributed by atoms with Crippen LogP contribution in [0.4, 0.5) is 0 Å². The number of carbonyl (C=O) groups excluding carboxylic acids is 1. The van der Waals surface area contributed by atoms with Crippen LogP contribution >= 0.6 is 11.3 Å². The summed E-state index contributed by atoms with van der Waals surface area (Å²) in [6, 6.07) is 8.07. The van der Waals surface area contributed by atoms with Crippen LogP contribution in [-0.4, -0.2) is 24.0 Å². The molecule has 2 aromatic rings. The SMILES string of the molecule is Cc1nc(CC(=O)NCC2CCOc3ccccc32)c(C)s1. The summed E-state index contributed by atoms with van der Waals surface area (Å²) in [5.74, 6) is 1.31. The largest absolute Gasteiger partial charge is 0.493 e. The van der Waals surface area contributed by atoms with Crippen LogP contribution in [0.15, 0.2) is 24.3 Å². The molecule has 0 saturated carbocycles.